The third-order valence-corrected chi connectivity index (χ3v) is 2.33. The van der Waals surface area contributed by atoms with Crippen LogP contribution in [0, 0.1) is 0 Å². The fourth-order valence-electron chi connectivity index (χ4n) is 1.47. The summed E-state index contributed by atoms with van der Waals surface area (Å²) in [6.45, 7) is -0.430. The fraction of sp³-hybridized carbons (Fsp3) is 0.333. The van der Waals surface area contributed by atoms with Crippen molar-refractivity contribution in [2.45, 2.75) is 13.0 Å². The molecule has 0 bridgehead atoms. The van der Waals surface area contributed by atoms with Crippen LogP contribution >= 0.6 is 0 Å². The molecule has 0 atom stereocenters. The lowest BCUT2D eigenvalue weighted by Crippen LogP contribution is -2.06. The molecule has 106 valence electrons. The Bertz CT molecular complexity index is 567. The molecule has 0 spiro atoms. The first-order valence-corrected chi connectivity index (χ1v) is 5.77. The van der Waals surface area contributed by atoms with Crippen LogP contribution in [-0.2, 0) is 22.6 Å². The van der Waals surface area contributed by atoms with Gasteiger partial charge in [0.2, 0.25) is 5.88 Å². The minimum atomic E-state index is -1.05. The van der Waals surface area contributed by atoms with Crippen molar-refractivity contribution in [2.75, 3.05) is 13.7 Å². The molecule has 0 aliphatic carbocycles. The Morgan fingerprint density at radius 2 is 2.30 bits per heavy atom. The number of carboxylic acids is 1. The molecular weight excluding hydrogens is 266 g/mol. The summed E-state index contributed by atoms with van der Waals surface area (Å²) in [5.41, 5.74) is 0.907. The Morgan fingerprint density at radius 3 is 2.95 bits per heavy atom. The highest BCUT2D eigenvalue weighted by atomic mass is 16.5. The minimum absolute atomic E-state index is 0.0276. The average molecular weight is 279 g/mol. The molecule has 8 heteroatoms. The van der Waals surface area contributed by atoms with Gasteiger partial charge in [-0.15, -0.1) is 0 Å². The fourth-order valence-corrected chi connectivity index (χ4v) is 1.47. The summed E-state index contributed by atoms with van der Waals surface area (Å²) in [6, 6.07) is 3.59. The topological polar surface area (TPSA) is 108 Å². The first kappa shape index (κ1) is 13.9. The molecule has 0 aromatic carbocycles. The molecule has 0 aliphatic heterocycles. The first-order chi connectivity index (χ1) is 9.67. The van der Waals surface area contributed by atoms with Crippen LogP contribution in [0.3, 0.4) is 0 Å². The van der Waals surface area contributed by atoms with Gasteiger partial charge in [-0.25, -0.2) is 9.78 Å². The van der Waals surface area contributed by atoms with E-state index in [-0.39, 0.29) is 12.5 Å². The van der Waals surface area contributed by atoms with Gasteiger partial charge in [-0.2, -0.15) is 4.98 Å². The predicted molar refractivity (Wildman–Crippen MR) is 65.2 cm³/mol. The van der Waals surface area contributed by atoms with Gasteiger partial charge in [-0.1, -0.05) is 11.2 Å². The van der Waals surface area contributed by atoms with Gasteiger partial charge in [-0.3, -0.25) is 0 Å². The molecule has 0 amide bonds. The van der Waals surface area contributed by atoms with Gasteiger partial charge >= 0.3 is 5.97 Å². The lowest BCUT2D eigenvalue weighted by atomic mass is 10.2. The number of hydrogen-bond donors (Lipinski definition) is 1. The Hall–Kier alpha value is -2.48. The summed E-state index contributed by atoms with van der Waals surface area (Å²) < 4.78 is 14.8. The summed E-state index contributed by atoms with van der Waals surface area (Å²) in [6.07, 6.45) is 2.12. The number of aliphatic carboxylic acids is 1. The first-order valence-electron chi connectivity index (χ1n) is 5.77. The zero-order chi connectivity index (χ0) is 14.4. The summed E-state index contributed by atoms with van der Waals surface area (Å²) in [4.78, 5) is 18.4. The second kappa shape index (κ2) is 6.62. The minimum Gasteiger partial charge on any atom is -0.481 e. The molecule has 0 saturated carbocycles. The molecule has 0 aliphatic rings. The largest absolute Gasteiger partial charge is 0.481 e. The number of ether oxygens (including phenoxy) is 2. The standard InChI is InChI=1S/C12H13N3O5/c1-18-10-3-2-8(5-13-10)4-9-14-11(20-15-9)6-19-7-12(16)17/h2-3,5H,4,6-7H2,1H3,(H,16,17). The summed E-state index contributed by atoms with van der Waals surface area (Å²) in [5, 5.41) is 12.2. The van der Waals surface area contributed by atoms with Gasteiger partial charge in [0.1, 0.15) is 13.2 Å². The van der Waals surface area contributed by atoms with E-state index >= 15 is 0 Å². The molecule has 8 nitrogen and oxygen atoms in total. The van der Waals surface area contributed by atoms with E-state index in [0.717, 1.165) is 5.56 Å². The maximum Gasteiger partial charge on any atom is 0.329 e. The van der Waals surface area contributed by atoms with E-state index < -0.39 is 12.6 Å². The molecule has 0 fully saturated rings. The van der Waals surface area contributed by atoms with E-state index in [1.54, 1.807) is 19.4 Å². The molecule has 0 saturated heterocycles. The number of carboxylic acid groups (broad SMARTS) is 1. The van der Waals surface area contributed by atoms with Crippen LogP contribution in [0.1, 0.15) is 17.3 Å². The molecule has 1 N–H and O–H groups in total. The van der Waals surface area contributed by atoms with Gasteiger partial charge in [0.05, 0.1) is 7.11 Å². The maximum absolute atomic E-state index is 10.3. The van der Waals surface area contributed by atoms with E-state index in [9.17, 15) is 4.79 Å². The number of aromatic nitrogens is 3. The molecule has 2 heterocycles. The SMILES string of the molecule is COc1ccc(Cc2noc(COCC(=O)O)n2)cn1. The highest BCUT2D eigenvalue weighted by Crippen LogP contribution is 2.10. The van der Waals surface area contributed by atoms with Crippen molar-refractivity contribution < 1.29 is 23.9 Å². The van der Waals surface area contributed by atoms with Crippen LogP contribution in [0.2, 0.25) is 0 Å². The molecule has 20 heavy (non-hydrogen) atoms. The number of hydrogen-bond acceptors (Lipinski definition) is 7. The van der Waals surface area contributed by atoms with Crippen molar-refractivity contribution in [1.82, 2.24) is 15.1 Å². The zero-order valence-electron chi connectivity index (χ0n) is 10.8. The van der Waals surface area contributed by atoms with Crippen molar-refractivity contribution in [1.29, 1.82) is 0 Å². The van der Waals surface area contributed by atoms with Crippen LogP contribution < -0.4 is 4.74 Å². The Kier molecular flexibility index (Phi) is 4.61. The van der Waals surface area contributed by atoms with Crippen molar-refractivity contribution in [2.24, 2.45) is 0 Å². The summed E-state index contributed by atoms with van der Waals surface area (Å²) >= 11 is 0. The lowest BCUT2D eigenvalue weighted by Gasteiger charge is -1.99. The lowest BCUT2D eigenvalue weighted by molar-refractivity contribution is -0.142. The quantitative estimate of drug-likeness (QED) is 0.787. The number of rotatable bonds is 7. The second-order valence-corrected chi connectivity index (χ2v) is 3.88. The van der Waals surface area contributed by atoms with E-state index in [2.05, 4.69) is 15.1 Å². The van der Waals surface area contributed by atoms with Crippen molar-refractivity contribution >= 4 is 5.97 Å². The van der Waals surface area contributed by atoms with Gasteiger partial charge in [0.25, 0.3) is 5.89 Å². The van der Waals surface area contributed by atoms with Crippen LogP contribution in [0.25, 0.3) is 0 Å². The number of methoxy groups -OCH3 is 1. The van der Waals surface area contributed by atoms with Gasteiger partial charge in [0, 0.05) is 18.7 Å². The van der Waals surface area contributed by atoms with E-state index in [1.165, 1.54) is 0 Å². The third kappa shape index (κ3) is 4.02. The predicted octanol–water partition coefficient (Wildman–Crippen LogP) is 0.665. The van der Waals surface area contributed by atoms with E-state index in [0.29, 0.717) is 18.1 Å². The second-order valence-electron chi connectivity index (χ2n) is 3.88. The molecule has 2 rings (SSSR count). The number of nitrogens with zero attached hydrogens (tertiary/aromatic N) is 3. The van der Waals surface area contributed by atoms with Crippen LogP contribution in [-0.4, -0.2) is 39.9 Å². The number of pyridine rings is 1. The molecule has 0 unspecified atom stereocenters. The average Bonchev–Trinajstić information content (AvgIpc) is 2.87. The van der Waals surface area contributed by atoms with Gasteiger partial charge in [0.15, 0.2) is 5.82 Å². The van der Waals surface area contributed by atoms with Crippen LogP contribution in [0.5, 0.6) is 5.88 Å². The maximum atomic E-state index is 10.3. The van der Waals surface area contributed by atoms with Gasteiger partial charge < -0.3 is 19.1 Å². The number of carbonyl (C=O) groups is 1. The molecular formula is C12H13N3O5. The molecule has 0 radical (unpaired) electrons. The van der Waals surface area contributed by atoms with Crippen molar-refractivity contribution in [3.05, 3.63) is 35.6 Å². The summed E-state index contributed by atoms with van der Waals surface area (Å²) in [7, 11) is 1.55. The summed E-state index contributed by atoms with van der Waals surface area (Å²) in [5.74, 6) is 0.201. The van der Waals surface area contributed by atoms with Crippen molar-refractivity contribution in [3.63, 3.8) is 0 Å². The Labute approximate surface area is 114 Å². The van der Waals surface area contributed by atoms with E-state index in [1.807, 2.05) is 6.07 Å². The van der Waals surface area contributed by atoms with Crippen LogP contribution in [0.15, 0.2) is 22.9 Å². The third-order valence-electron chi connectivity index (χ3n) is 2.33. The van der Waals surface area contributed by atoms with Crippen LogP contribution in [0.4, 0.5) is 0 Å². The molecule has 2 aromatic heterocycles. The highest BCUT2D eigenvalue weighted by Gasteiger charge is 2.08. The smallest absolute Gasteiger partial charge is 0.329 e. The van der Waals surface area contributed by atoms with Crippen molar-refractivity contribution in [3.8, 4) is 5.88 Å². The normalized spacial score (nSPS) is 10.4. The van der Waals surface area contributed by atoms with Gasteiger partial charge in [-0.05, 0) is 5.56 Å². The Balaban J connectivity index is 1.89. The molecule has 2 aromatic rings. The monoisotopic (exact) mass is 279 g/mol. The highest BCUT2D eigenvalue weighted by molar-refractivity contribution is 5.67. The zero-order valence-corrected chi connectivity index (χ0v) is 10.8. The van der Waals surface area contributed by atoms with E-state index in [4.69, 9.17) is 19.1 Å². The Morgan fingerprint density at radius 1 is 1.45 bits per heavy atom.